The Balaban J connectivity index is 1.30. The third kappa shape index (κ3) is 4.82. The number of carbonyl (C=O) groups is 1. The van der Waals surface area contributed by atoms with Crippen molar-refractivity contribution in [3.8, 4) is 10.6 Å². The summed E-state index contributed by atoms with van der Waals surface area (Å²) in [6.07, 6.45) is 4.16. The lowest BCUT2D eigenvalue weighted by molar-refractivity contribution is 0.102. The molecule has 0 saturated carbocycles. The van der Waals surface area contributed by atoms with Crippen LogP contribution in [0.1, 0.15) is 33.6 Å². The molecular weight excluding hydrogens is 542 g/mol. The number of nitrogens with zero attached hydrogens (tertiary/aromatic N) is 1. The number of amides is 1. The second kappa shape index (κ2) is 9.94. The van der Waals surface area contributed by atoms with Crippen LogP contribution >= 0.6 is 22.7 Å². The number of hydrogen-bond donors (Lipinski definition) is 2. The van der Waals surface area contributed by atoms with E-state index in [4.69, 9.17) is 4.98 Å². The van der Waals surface area contributed by atoms with Gasteiger partial charge in [-0.3, -0.25) is 9.52 Å². The molecule has 1 aliphatic rings. The van der Waals surface area contributed by atoms with Gasteiger partial charge in [-0.25, -0.2) is 17.8 Å². The fourth-order valence-corrected chi connectivity index (χ4v) is 8.03. The van der Waals surface area contributed by atoms with Crippen molar-refractivity contribution in [2.45, 2.75) is 30.6 Å². The Morgan fingerprint density at radius 2 is 1.71 bits per heavy atom. The van der Waals surface area contributed by atoms with Gasteiger partial charge in [0.1, 0.15) is 15.8 Å². The van der Waals surface area contributed by atoms with E-state index in [-0.39, 0.29) is 16.5 Å². The zero-order valence-electron chi connectivity index (χ0n) is 20.0. The average molecular weight is 564 g/mol. The highest BCUT2D eigenvalue weighted by Gasteiger charge is 2.25. The predicted octanol–water partition coefficient (Wildman–Crippen LogP) is 7.10. The lowest BCUT2D eigenvalue weighted by Gasteiger charge is -2.12. The summed E-state index contributed by atoms with van der Waals surface area (Å²) < 4.78 is 42.3. The van der Waals surface area contributed by atoms with Crippen LogP contribution in [0.25, 0.3) is 20.8 Å². The van der Waals surface area contributed by atoms with Crippen LogP contribution in [0.3, 0.4) is 0 Å². The number of carbonyl (C=O) groups excluding carboxylic acids is 1. The number of thiophene rings is 1. The molecule has 1 amide bonds. The van der Waals surface area contributed by atoms with Crippen LogP contribution in [0.5, 0.6) is 0 Å². The molecule has 0 radical (unpaired) electrons. The van der Waals surface area contributed by atoms with Crippen molar-refractivity contribution < 1.29 is 17.6 Å². The molecule has 2 heterocycles. The zero-order valence-corrected chi connectivity index (χ0v) is 22.5. The molecule has 192 valence electrons. The summed E-state index contributed by atoms with van der Waals surface area (Å²) in [5, 5.41) is 4.73. The highest BCUT2D eigenvalue weighted by atomic mass is 32.2. The van der Waals surface area contributed by atoms with Crippen molar-refractivity contribution in [3.63, 3.8) is 0 Å². The summed E-state index contributed by atoms with van der Waals surface area (Å²) >= 11 is 3.21. The van der Waals surface area contributed by atoms with E-state index in [1.165, 1.54) is 28.6 Å². The molecule has 3 aromatic carbocycles. The highest BCUT2D eigenvalue weighted by molar-refractivity contribution is 7.92. The highest BCUT2D eigenvalue weighted by Crippen LogP contribution is 2.46. The van der Waals surface area contributed by atoms with Crippen molar-refractivity contribution in [3.05, 3.63) is 94.6 Å². The van der Waals surface area contributed by atoms with E-state index >= 15 is 0 Å². The minimum absolute atomic E-state index is 0.0709. The van der Waals surface area contributed by atoms with Crippen LogP contribution < -0.4 is 10.0 Å². The number of rotatable bonds is 6. The second-order valence-electron chi connectivity index (χ2n) is 9.00. The minimum atomic E-state index is -3.94. The Morgan fingerprint density at radius 1 is 0.921 bits per heavy atom. The first-order valence-electron chi connectivity index (χ1n) is 12.1. The maximum atomic E-state index is 13.4. The molecule has 38 heavy (non-hydrogen) atoms. The van der Waals surface area contributed by atoms with Crippen molar-refractivity contribution in [2.24, 2.45) is 0 Å². The van der Waals surface area contributed by atoms with Gasteiger partial charge in [0, 0.05) is 21.7 Å². The van der Waals surface area contributed by atoms with Crippen LogP contribution in [0.15, 0.2) is 77.7 Å². The van der Waals surface area contributed by atoms with E-state index in [0.29, 0.717) is 5.56 Å². The second-order valence-corrected chi connectivity index (χ2v) is 12.8. The lowest BCUT2D eigenvalue weighted by Crippen LogP contribution is -2.15. The zero-order chi connectivity index (χ0) is 26.3. The van der Waals surface area contributed by atoms with Crippen molar-refractivity contribution in [1.29, 1.82) is 0 Å². The number of hydrogen-bond acceptors (Lipinski definition) is 6. The Kier molecular flexibility index (Phi) is 6.46. The van der Waals surface area contributed by atoms with Gasteiger partial charge < -0.3 is 5.32 Å². The standard InChI is InChI=1S/C28H22FN3O3S3/c29-18-12-14-20(15-13-18)38(34,35)32-19-7-5-6-17(16-19)26(33)31-28-25(21-8-1-3-10-23(21)36-28)27-30-22-9-2-4-11-24(22)37-27/h2,4-7,9,11-16,32H,1,3,8,10H2,(H,31,33). The third-order valence-electron chi connectivity index (χ3n) is 6.41. The summed E-state index contributed by atoms with van der Waals surface area (Å²) in [6, 6.07) is 18.9. The Labute approximate surface area is 227 Å². The van der Waals surface area contributed by atoms with Gasteiger partial charge >= 0.3 is 0 Å². The van der Waals surface area contributed by atoms with Crippen molar-refractivity contribution >= 4 is 59.5 Å². The van der Waals surface area contributed by atoms with E-state index in [2.05, 4.69) is 10.0 Å². The largest absolute Gasteiger partial charge is 0.313 e. The fourth-order valence-electron chi connectivity index (χ4n) is 4.59. The molecule has 5 aromatic rings. The number of benzene rings is 3. The Morgan fingerprint density at radius 3 is 2.53 bits per heavy atom. The summed E-state index contributed by atoms with van der Waals surface area (Å²) in [4.78, 5) is 19.4. The number of thiazole rings is 1. The topological polar surface area (TPSA) is 88.2 Å². The van der Waals surface area contributed by atoms with Crippen LogP contribution in [0.2, 0.25) is 0 Å². The Bertz CT molecular complexity index is 1740. The van der Waals surface area contributed by atoms with Gasteiger partial charge in [0.2, 0.25) is 0 Å². The van der Waals surface area contributed by atoms with E-state index in [0.717, 1.165) is 63.6 Å². The van der Waals surface area contributed by atoms with Gasteiger partial charge in [0.15, 0.2) is 0 Å². The first kappa shape index (κ1) is 24.7. The summed E-state index contributed by atoms with van der Waals surface area (Å²) in [5.74, 6) is -0.864. The smallest absolute Gasteiger partial charge is 0.261 e. The van der Waals surface area contributed by atoms with Gasteiger partial charge in [-0.05, 0) is 85.8 Å². The third-order valence-corrected chi connectivity index (χ3v) is 10.1. The van der Waals surface area contributed by atoms with Gasteiger partial charge in [0.05, 0.1) is 15.1 Å². The van der Waals surface area contributed by atoms with Crippen molar-refractivity contribution in [2.75, 3.05) is 10.0 Å². The first-order chi connectivity index (χ1) is 18.4. The maximum Gasteiger partial charge on any atom is 0.261 e. The van der Waals surface area contributed by atoms with E-state index in [1.54, 1.807) is 40.9 Å². The SMILES string of the molecule is O=C(Nc1sc2c(c1-c1nc3ccccc3s1)CCCC2)c1cccc(NS(=O)(=O)c2ccc(F)cc2)c1. The molecule has 2 N–H and O–H groups in total. The number of para-hydroxylation sites is 1. The van der Waals surface area contributed by atoms with Gasteiger partial charge in [-0.1, -0.05) is 18.2 Å². The molecule has 1 aliphatic carbocycles. The number of anilines is 2. The molecule has 6 nitrogen and oxygen atoms in total. The van der Waals surface area contributed by atoms with E-state index in [9.17, 15) is 17.6 Å². The molecule has 0 spiro atoms. The van der Waals surface area contributed by atoms with Crippen LogP contribution in [0.4, 0.5) is 15.1 Å². The molecule has 10 heteroatoms. The normalized spacial score (nSPS) is 13.3. The molecular formula is C28H22FN3O3S3. The summed E-state index contributed by atoms with van der Waals surface area (Å²) in [5.41, 5.74) is 3.73. The van der Waals surface area contributed by atoms with Gasteiger partial charge in [0.25, 0.3) is 15.9 Å². The van der Waals surface area contributed by atoms with Crippen LogP contribution in [-0.2, 0) is 22.9 Å². The quantitative estimate of drug-likeness (QED) is 0.231. The monoisotopic (exact) mass is 563 g/mol. The average Bonchev–Trinajstić information content (AvgIpc) is 3.49. The van der Waals surface area contributed by atoms with Crippen LogP contribution in [-0.4, -0.2) is 19.3 Å². The molecule has 0 unspecified atom stereocenters. The van der Waals surface area contributed by atoms with Gasteiger partial charge in [-0.2, -0.15) is 0 Å². The summed E-state index contributed by atoms with van der Waals surface area (Å²) in [7, 11) is -3.94. The predicted molar refractivity (Wildman–Crippen MR) is 151 cm³/mol. The number of fused-ring (bicyclic) bond motifs is 2. The molecule has 0 saturated heterocycles. The van der Waals surface area contributed by atoms with Crippen LogP contribution in [0, 0.1) is 5.82 Å². The van der Waals surface area contributed by atoms with E-state index < -0.39 is 15.8 Å². The maximum absolute atomic E-state index is 13.4. The summed E-state index contributed by atoms with van der Waals surface area (Å²) in [6.45, 7) is 0. The number of aryl methyl sites for hydroxylation is 1. The lowest BCUT2D eigenvalue weighted by atomic mass is 9.95. The van der Waals surface area contributed by atoms with Gasteiger partial charge in [-0.15, -0.1) is 22.7 Å². The van der Waals surface area contributed by atoms with Crippen molar-refractivity contribution in [1.82, 2.24) is 4.98 Å². The molecule has 0 bridgehead atoms. The fraction of sp³-hybridized carbons (Fsp3) is 0.143. The van der Waals surface area contributed by atoms with E-state index in [1.807, 2.05) is 24.3 Å². The first-order valence-corrected chi connectivity index (χ1v) is 15.2. The molecule has 0 fully saturated rings. The number of nitrogens with one attached hydrogen (secondary N) is 2. The number of sulfonamides is 1. The molecule has 6 rings (SSSR count). The minimum Gasteiger partial charge on any atom is -0.313 e. The molecule has 0 atom stereocenters. The Hall–Kier alpha value is -3.60. The number of halogens is 1. The molecule has 2 aromatic heterocycles. The number of aromatic nitrogens is 1. The molecule has 0 aliphatic heterocycles.